The van der Waals surface area contributed by atoms with Gasteiger partial charge in [0, 0.05) is 19.1 Å². The average Bonchev–Trinajstić information content (AvgIpc) is 2.02. The van der Waals surface area contributed by atoms with Crippen molar-refractivity contribution in [3.05, 3.63) is 0 Å². The predicted molar refractivity (Wildman–Crippen MR) is 61.3 cm³/mol. The van der Waals surface area contributed by atoms with Crippen LogP contribution in [0.4, 0.5) is 0 Å². The first-order valence-corrected chi connectivity index (χ1v) is 5.49. The molecular formula is C11H23N3. The molecule has 1 fully saturated rings. The van der Waals surface area contributed by atoms with Crippen LogP contribution in [-0.4, -0.2) is 30.0 Å². The first-order valence-electron chi connectivity index (χ1n) is 5.49. The molecule has 0 saturated carbocycles. The van der Waals surface area contributed by atoms with E-state index in [0.717, 1.165) is 19.0 Å². The van der Waals surface area contributed by atoms with E-state index in [2.05, 4.69) is 37.6 Å². The topological polar surface area (TPSA) is 41.6 Å². The average molecular weight is 197 g/mol. The largest absolute Gasteiger partial charge is 0.370 e. The third-order valence-electron chi connectivity index (χ3n) is 2.83. The van der Waals surface area contributed by atoms with E-state index >= 15 is 0 Å². The minimum atomic E-state index is 0.296. The molecule has 0 aromatic heterocycles. The van der Waals surface area contributed by atoms with Gasteiger partial charge in [0.1, 0.15) is 0 Å². The molecule has 3 nitrogen and oxygen atoms in total. The molecule has 0 aromatic rings. The predicted octanol–water partition coefficient (Wildman–Crippen LogP) is 1.83. The van der Waals surface area contributed by atoms with Crippen LogP contribution in [0.25, 0.3) is 0 Å². The van der Waals surface area contributed by atoms with Crippen molar-refractivity contribution in [3.8, 4) is 0 Å². The summed E-state index contributed by atoms with van der Waals surface area (Å²) in [5, 5.41) is 0. The molecule has 0 unspecified atom stereocenters. The maximum atomic E-state index is 5.91. The number of hydrogen-bond acceptors (Lipinski definition) is 1. The van der Waals surface area contributed by atoms with Crippen LogP contribution >= 0.6 is 0 Å². The molecule has 0 amide bonds. The molecule has 1 heterocycles. The number of nitrogens with zero attached hydrogens (tertiary/aromatic N) is 2. The molecule has 1 rings (SSSR count). The van der Waals surface area contributed by atoms with Gasteiger partial charge in [0.15, 0.2) is 5.96 Å². The summed E-state index contributed by atoms with van der Waals surface area (Å²) in [6, 6.07) is 0.296. The molecule has 1 saturated heterocycles. The zero-order chi connectivity index (χ0) is 10.8. The highest BCUT2D eigenvalue weighted by atomic mass is 15.3. The molecule has 14 heavy (non-hydrogen) atoms. The number of guanidine groups is 1. The Morgan fingerprint density at radius 1 is 1.29 bits per heavy atom. The number of hydrogen-bond donors (Lipinski definition) is 1. The standard InChI is InChI=1S/C11H23N3/c1-9(2)13-10(12)14-7-5-11(3,4)6-8-14/h9H,5-8H2,1-4H3,(H2,12,13). The zero-order valence-corrected chi connectivity index (χ0v) is 9.88. The fraction of sp³-hybridized carbons (Fsp3) is 0.909. The maximum absolute atomic E-state index is 5.91. The normalized spacial score (nSPS) is 22.9. The summed E-state index contributed by atoms with van der Waals surface area (Å²) < 4.78 is 0. The van der Waals surface area contributed by atoms with Crippen molar-refractivity contribution < 1.29 is 0 Å². The molecule has 82 valence electrons. The highest BCUT2D eigenvalue weighted by Crippen LogP contribution is 2.29. The third-order valence-corrected chi connectivity index (χ3v) is 2.83. The van der Waals surface area contributed by atoms with Crippen molar-refractivity contribution >= 4 is 5.96 Å². The van der Waals surface area contributed by atoms with Crippen LogP contribution in [0.3, 0.4) is 0 Å². The lowest BCUT2D eigenvalue weighted by atomic mass is 9.83. The minimum Gasteiger partial charge on any atom is -0.370 e. The van der Waals surface area contributed by atoms with E-state index in [0.29, 0.717) is 11.5 Å². The summed E-state index contributed by atoms with van der Waals surface area (Å²) in [4.78, 5) is 6.57. The molecule has 0 radical (unpaired) electrons. The summed E-state index contributed by atoms with van der Waals surface area (Å²) in [6.07, 6.45) is 2.42. The van der Waals surface area contributed by atoms with Crippen LogP contribution in [0.15, 0.2) is 4.99 Å². The fourth-order valence-corrected chi connectivity index (χ4v) is 1.69. The fourth-order valence-electron chi connectivity index (χ4n) is 1.69. The highest BCUT2D eigenvalue weighted by molar-refractivity contribution is 5.78. The number of likely N-dealkylation sites (tertiary alicyclic amines) is 1. The molecule has 0 spiro atoms. The molecule has 3 heteroatoms. The summed E-state index contributed by atoms with van der Waals surface area (Å²) >= 11 is 0. The van der Waals surface area contributed by atoms with Gasteiger partial charge in [0.25, 0.3) is 0 Å². The van der Waals surface area contributed by atoms with Gasteiger partial charge < -0.3 is 10.6 Å². The van der Waals surface area contributed by atoms with Gasteiger partial charge >= 0.3 is 0 Å². The molecule has 1 aliphatic heterocycles. The SMILES string of the molecule is CC(C)N=C(N)N1CCC(C)(C)CC1. The van der Waals surface area contributed by atoms with Crippen LogP contribution in [0.2, 0.25) is 0 Å². The minimum absolute atomic E-state index is 0.296. The highest BCUT2D eigenvalue weighted by Gasteiger charge is 2.26. The van der Waals surface area contributed by atoms with Gasteiger partial charge in [0.2, 0.25) is 0 Å². The van der Waals surface area contributed by atoms with E-state index in [1.165, 1.54) is 12.8 Å². The molecule has 2 N–H and O–H groups in total. The van der Waals surface area contributed by atoms with E-state index in [9.17, 15) is 0 Å². The van der Waals surface area contributed by atoms with Crippen molar-refractivity contribution in [3.63, 3.8) is 0 Å². The lowest BCUT2D eigenvalue weighted by Crippen LogP contribution is -2.45. The van der Waals surface area contributed by atoms with Gasteiger partial charge in [-0.05, 0) is 32.1 Å². The quantitative estimate of drug-likeness (QED) is 0.515. The van der Waals surface area contributed by atoms with E-state index in [1.54, 1.807) is 0 Å². The van der Waals surface area contributed by atoms with Gasteiger partial charge in [0.05, 0.1) is 0 Å². The Labute approximate surface area is 87.4 Å². The van der Waals surface area contributed by atoms with Crippen LogP contribution in [0, 0.1) is 5.41 Å². The smallest absolute Gasteiger partial charge is 0.191 e. The Kier molecular flexibility index (Phi) is 3.40. The maximum Gasteiger partial charge on any atom is 0.191 e. The van der Waals surface area contributed by atoms with Crippen molar-refractivity contribution in [2.75, 3.05) is 13.1 Å². The Balaban J connectivity index is 2.50. The number of piperidine rings is 1. The molecular weight excluding hydrogens is 174 g/mol. The second kappa shape index (κ2) is 4.20. The first-order chi connectivity index (χ1) is 6.41. The third kappa shape index (κ3) is 3.20. The molecule has 0 bridgehead atoms. The monoisotopic (exact) mass is 197 g/mol. The number of nitrogens with two attached hydrogens (primary N) is 1. The van der Waals surface area contributed by atoms with Crippen LogP contribution < -0.4 is 5.73 Å². The van der Waals surface area contributed by atoms with Crippen LogP contribution in [0.1, 0.15) is 40.5 Å². The zero-order valence-electron chi connectivity index (χ0n) is 9.88. The van der Waals surface area contributed by atoms with E-state index in [1.807, 2.05) is 0 Å². The summed E-state index contributed by atoms with van der Waals surface area (Å²) in [5.74, 6) is 0.718. The van der Waals surface area contributed by atoms with Gasteiger partial charge in [-0.25, -0.2) is 0 Å². The van der Waals surface area contributed by atoms with E-state index < -0.39 is 0 Å². The molecule has 1 aliphatic rings. The van der Waals surface area contributed by atoms with Gasteiger partial charge in [-0.15, -0.1) is 0 Å². The number of rotatable bonds is 1. The van der Waals surface area contributed by atoms with E-state index in [-0.39, 0.29) is 0 Å². The van der Waals surface area contributed by atoms with Crippen molar-refractivity contribution in [2.24, 2.45) is 16.1 Å². The summed E-state index contributed by atoms with van der Waals surface area (Å²) in [5.41, 5.74) is 6.39. The Morgan fingerprint density at radius 2 is 1.79 bits per heavy atom. The van der Waals surface area contributed by atoms with E-state index in [4.69, 9.17) is 5.73 Å². The Morgan fingerprint density at radius 3 is 2.21 bits per heavy atom. The van der Waals surface area contributed by atoms with Gasteiger partial charge in [-0.3, -0.25) is 4.99 Å². The Bertz CT molecular complexity index is 209. The van der Waals surface area contributed by atoms with Crippen molar-refractivity contribution in [1.29, 1.82) is 0 Å². The summed E-state index contributed by atoms with van der Waals surface area (Å²) in [6.45, 7) is 10.9. The second-order valence-corrected chi connectivity index (χ2v) is 5.23. The lowest BCUT2D eigenvalue weighted by Gasteiger charge is -2.37. The summed E-state index contributed by atoms with van der Waals surface area (Å²) in [7, 11) is 0. The molecule has 0 aromatic carbocycles. The Hall–Kier alpha value is -0.730. The molecule has 0 atom stereocenters. The number of aliphatic imine (C=N–C) groups is 1. The lowest BCUT2D eigenvalue weighted by molar-refractivity contribution is 0.187. The van der Waals surface area contributed by atoms with Crippen molar-refractivity contribution in [2.45, 2.75) is 46.6 Å². The van der Waals surface area contributed by atoms with Gasteiger partial charge in [-0.2, -0.15) is 0 Å². The first kappa shape index (κ1) is 11.3. The molecule has 0 aliphatic carbocycles. The van der Waals surface area contributed by atoms with Gasteiger partial charge in [-0.1, -0.05) is 13.8 Å². The van der Waals surface area contributed by atoms with Crippen LogP contribution in [-0.2, 0) is 0 Å². The second-order valence-electron chi connectivity index (χ2n) is 5.23. The van der Waals surface area contributed by atoms with Crippen molar-refractivity contribution in [1.82, 2.24) is 4.90 Å². The van der Waals surface area contributed by atoms with Crippen LogP contribution in [0.5, 0.6) is 0 Å².